The van der Waals surface area contributed by atoms with Gasteiger partial charge in [0.15, 0.2) is 17.5 Å². The number of amidine groups is 2. The predicted octanol–water partition coefficient (Wildman–Crippen LogP) is 7.00. The molecular formula is C34H30N6O3. The Balaban J connectivity index is 1.50. The minimum absolute atomic E-state index is 0.303. The van der Waals surface area contributed by atoms with Gasteiger partial charge >= 0.3 is 0 Å². The largest absolute Gasteiger partial charge is 0.497 e. The molecule has 43 heavy (non-hydrogen) atoms. The number of nitrogens with one attached hydrogen (secondary N) is 1. The van der Waals surface area contributed by atoms with Crippen LogP contribution in [0.15, 0.2) is 107 Å². The SMILES string of the molecule is COc1ccc(NC2=Nc3ccccc3N3C2=Nc2c(c(C)nn2-c2ccccc2)[C@H]3c2ccccc2OC)c(OC)c1. The summed E-state index contributed by atoms with van der Waals surface area (Å²) in [5.74, 6) is 4.05. The molecule has 0 fully saturated rings. The molecule has 0 amide bonds. The number of rotatable bonds is 6. The van der Waals surface area contributed by atoms with E-state index in [9.17, 15) is 0 Å². The maximum absolute atomic E-state index is 5.92. The van der Waals surface area contributed by atoms with Gasteiger partial charge in [-0.15, -0.1) is 0 Å². The number of nitrogens with zero attached hydrogens (tertiary/aromatic N) is 5. The molecule has 0 radical (unpaired) electrons. The van der Waals surface area contributed by atoms with E-state index >= 15 is 0 Å². The van der Waals surface area contributed by atoms with Crippen molar-refractivity contribution in [1.29, 1.82) is 0 Å². The minimum atomic E-state index is -0.303. The van der Waals surface area contributed by atoms with E-state index < -0.39 is 0 Å². The lowest BCUT2D eigenvalue weighted by Gasteiger charge is -2.41. The highest BCUT2D eigenvalue weighted by Crippen LogP contribution is 2.50. The highest BCUT2D eigenvalue weighted by Gasteiger charge is 2.42. The van der Waals surface area contributed by atoms with Gasteiger partial charge in [-0.3, -0.25) is 0 Å². The number of hydrogen-bond acceptors (Lipinski definition) is 8. The van der Waals surface area contributed by atoms with Crippen LogP contribution in [-0.2, 0) is 0 Å². The van der Waals surface area contributed by atoms with Gasteiger partial charge in [-0.25, -0.2) is 14.7 Å². The van der Waals surface area contributed by atoms with Gasteiger partial charge in [0.25, 0.3) is 0 Å². The maximum atomic E-state index is 5.92. The first-order chi connectivity index (χ1) is 21.1. The molecule has 0 saturated heterocycles. The number of anilines is 2. The molecule has 9 heteroatoms. The van der Waals surface area contributed by atoms with E-state index in [4.69, 9.17) is 29.3 Å². The van der Waals surface area contributed by atoms with Crippen LogP contribution in [0.25, 0.3) is 5.69 Å². The molecule has 2 aliphatic rings. The quantitative estimate of drug-likeness (QED) is 0.237. The van der Waals surface area contributed by atoms with Crippen molar-refractivity contribution < 1.29 is 14.2 Å². The summed E-state index contributed by atoms with van der Waals surface area (Å²) >= 11 is 0. The molecule has 2 aliphatic heterocycles. The highest BCUT2D eigenvalue weighted by atomic mass is 16.5. The highest BCUT2D eigenvalue weighted by molar-refractivity contribution is 6.51. The molecule has 214 valence electrons. The van der Waals surface area contributed by atoms with Crippen molar-refractivity contribution in [2.75, 3.05) is 31.5 Å². The molecule has 1 atom stereocenters. The molecular weight excluding hydrogens is 540 g/mol. The van der Waals surface area contributed by atoms with Gasteiger partial charge in [-0.2, -0.15) is 5.10 Å². The number of fused-ring (bicyclic) bond motifs is 4. The Kier molecular flexibility index (Phi) is 6.54. The molecule has 4 aromatic carbocycles. The average Bonchev–Trinajstić information content (AvgIpc) is 3.40. The number of aryl methyl sites for hydroxylation is 1. The predicted molar refractivity (Wildman–Crippen MR) is 169 cm³/mol. The summed E-state index contributed by atoms with van der Waals surface area (Å²) in [5.41, 5.74) is 6.26. The third-order valence-corrected chi connectivity index (χ3v) is 7.73. The fraction of sp³-hybridized carbons (Fsp3) is 0.147. The molecule has 9 nitrogen and oxygen atoms in total. The lowest BCUT2D eigenvalue weighted by atomic mass is 9.92. The summed E-state index contributed by atoms with van der Waals surface area (Å²) in [5, 5.41) is 8.54. The fourth-order valence-corrected chi connectivity index (χ4v) is 5.76. The normalized spacial score (nSPS) is 15.0. The Morgan fingerprint density at radius 1 is 0.744 bits per heavy atom. The smallest absolute Gasteiger partial charge is 0.179 e. The number of hydrogen-bond donors (Lipinski definition) is 1. The van der Waals surface area contributed by atoms with Gasteiger partial charge in [0.1, 0.15) is 17.2 Å². The van der Waals surface area contributed by atoms with Crippen LogP contribution >= 0.6 is 0 Å². The van der Waals surface area contributed by atoms with Crippen molar-refractivity contribution in [2.24, 2.45) is 9.98 Å². The Morgan fingerprint density at radius 2 is 1.49 bits per heavy atom. The second kappa shape index (κ2) is 10.7. The zero-order valence-electron chi connectivity index (χ0n) is 24.3. The first-order valence-electron chi connectivity index (χ1n) is 13.9. The number of aliphatic imine (C=N–C) groups is 2. The van der Waals surface area contributed by atoms with Gasteiger partial charge in [-0.1, -0.05) is 48.5 Å². The zero-order chi connectivity index (χ0) is 29.5. The maximum Gasteiger partial charge on any atom is 0.179 e. The molecule has 1 N–H and O–H groups in total. The second-order valence-corrected chi connectivity index (χ2v) is 10.2. The summed E-state index contributed by atoms with van der Waals surface area (Å²) < 4.78 is 19.0. The number of para-hydroxylation sites is 4. The molecule has 1 aromatic heterocycles. The van der Waals surface area contributed by atoms with E-state index in [0.29, 0.717) is 23.2 Å². The average molecular weight is 571 g/mol. The van der Waals surface area contributed by atoms with E-state index in [1.165, 1.54) is 0 Å². The first kappa shape index (κ1) is 26.3. The topological polar surface area (TPSA) is 85.5 Å². The van der Waals surface area contributed by atoms with Crippen LogP contribution in [0.5, 0.6) is 17.2 Å². The van der Waals surface area contributed by atoms with E-state index in [2.05, 4.69) is 22.3 Å². The van der Waals surface area contributed by atoms with E-state index in [-0.39, 0.29) is 6.04 Å². The minimum Gasteiger partial charge on any atom is -0.497 e. The number of methoxy groups -OCH3 is 3. The molecule has 0 spiro atoms. The van der Waals surface area contributed by atoms with Crippen molar-refractivity contribution in [3.63, 3.8) is 0 Å². The molecule has 5 aromatic rings. The van der Waals surface area contributed by atoms with Crippen LogP contribution in [0.2, 0.25) is 0 Å². The van der Waals surface area contributed by atoms with Crippen molar-refractivity contribution in [1.82, 2.24) is 9.78 Å². The number of benzene rings is 4. The van der Waals surface area contributed by atoms with Crippen LogP contribution in [0.1, 0.15) is 22.9 Å². The van der Waals surface area contributed by atoms with Crippen LogP contribution in [0, 0.1) is 6.92 Å². The fourth-order valence-electron chi connectivity index (χ4n) is 5.76. The molecule has 0 saturated carbocycles. The third kappa shape index (κ3) is 4.37. The van der Waals surface area contributed by atoms with Crippen LogP contribution in [-0.4, -0.2) is 42.8 Å². The summed E-state index contributed by atoms with van der Waals surface area (Å²) in [4.78, 5) is 12.6. The Bertz CT molecular complexity index is 1900. The summed E-state index contributed by atoms with van der Waals surface area (Å²) in [7, 11) is 4.96. The van der Waals surface area contributed by atoms with Gasteiger partial charge in [-0.05, 0) is 49.4 Å². The molecule has 0 bridgehead atoms. The lowest BCUT2D eigenvalue weighted by Crippen LogP contribution is -2.46. The van der Waals surface area contributed by atoms with E-state index in [1.807, 2.05) is 96.5 Å². The van der Waals surface area contributed by atoms with Crippen molar-refractivity contribution in [2.45, 2.75) is 13.0 Å². The zero-order valence-corrected chi connectivity index (χ0v) is 24.3. The lowest BCUT2D eigenvalue weighted by molar-refractivity contribution is 0.395. The van der Waals surface area contributed by atoms with Crippen LogP contribution < -0.4 is 24.4 Å². The molecule has 0 aliphatic carbocycles. The summed E-state index contributed by atoms with van der Waals surface area (Å²) in [6.45, 7) is 2.03. The van der Waals surface area contributed by atoms with Crippen molar-refractivity contribution in [3.05, 3.63) is 114 Å². The first-order valence-corrected chi connectivity index (χ1v) is 13.9. The number of ether oxygens (including phenoxy) is 3. The third-order valence-electron chi connectivity index (χ3n) is 7.73. The molecule has 0 unspecified atom stereocenters. The second-order valence-electron chi connectivity index (χ2n) is 10.2. The Morgan fingerprint density at radius 3 is 2.28 bits per heavy atom. The Labute approximate surface area is 249 Å². The van der Waals surface area contributed by atoms with Crippen molar-refractivity contribution >= 4 is 34.6 Å². The van der Waals surface area contributed by atoms with E-state index in [1.54, 1.807) is 21.3 Å². The summed E-state index contributed by atoms with van der Waals surface area (Å²) in [6.07, 6.45) is 0. The van der Waals surface area contributed by atoms with E-state index in [0.717, 1.165) is 51.1 Å². The Hall–Kier alpha value is -5.57. The van der Waals surface area contributed by atoms with Gasteiger partial charge in [0.2, 0.25) is 0 Å². The standard InChI is InChI=1S/C34H30N6O3/c1-21-30-31(24-14-8-11-17-28(24)42-3)39-27-16-10-9-15-25(27)35-32(36-26-19-18-23(41-2)20-29(26)43-4)34(39)37-33(30)40(38-21)22-12-6-5-7-13-22/h5-20,31H,1-4H3,(H,35,36)/t31-/m1/s1. The van der Waals surface area contributed by atoms with Crippen LogP contribution in [0.4, 0.5) is 22.9 Å². The van der Waals surface area contributed by atoms with Crippen LogP contribution in [0.3, 0.4) is 0 Å². The monoisotopic (exact) mass is 570 g/mol. The van der Waals surface area contributed by atoms with Crippen molar-refractivity contribution in [3.8, 4) is 22.9 Å². The molecule has 3 heterocycles. The molecule has 7 rings (SSSR count). The van der Waals surface area contributed by atoms with Gasteiger partial charge in [0.05, 0.1) is 55.8 Å². The van der Waals surface area contributed by atoms with Gasteiger partial charge < -0.3 is 24.4 Å². The summed E-state index contributed by atoms with van der Waals surface area (Å²) in [6, 6.07) is 31.6. The van der Waals surface area contributed by atoms with Gasteiger partial charge in [0, 0.05) is 17.2 Å². The number of aromatic nitrogens is 2.